The topological polar surface area (TPSA) is 97.2 Å². The van der Waals surface area contributed by atoms with Gasteiger partial charge in [0.15, 0.2) is 13.2 Å². The zero-order chi connectivity index (χ0) is 20.5. The van der Waals surface area contributed by atoms with Gasteiger partial charge in [0.05, 0.1) is 6.21 Å². The van der Waals surface area contributed by atoms with Crippen LogP contribution >= 0.6 is 0 Å². The maximum Gasteiger partial charge on any atom is 0.341 e. The fourth-order valence-electron chi connectivity index (χ4n) is 2.28. The molecule has 0 aliphatic carbocycles. The molecule has 2 aromatic carbocycles. The summed E-state index contributed by atoms with van der Waals surface area (Å²) in [7, 11) is 0. The molecule has 7 heteroatoms. The van der Waals surface area contributed by atoms with Crippen LogP contribution in [0.15, 0.2) is 47.6 Å². The number of nitrogens with one attached hydrogen (secondary N) is 1. The maximum atomic E-state index is 11.9. The Morgan fingerprint density at radius 1 is 1.11 bits per heavy atom. The maximum absolute atomic E-state index is 11.9. The van der Waals surface area contributed by atoms with Crippen molar-refractivity contribution < 1.29 is 24.2 Å². The number of rotatable bonds is 9. The normalized spacial score (nSPS) is 10.9. The first-order valence-electron chi connectivity index (χ1n) is 8.85. The molecule has 0 aliphatic rings. The van der Waals surface area contributed by atoms with Crippen molar-refractivity contribution in [2.75, 3.05) is 13.2 Å². The van der Waals surface area contributed by atoms with Gasteiger partial charge in [0.1, 0.15) is 11.5 Å². The van der Waals surface area contributed by atoms with Crippen LogP contribution in [0.25, 0.3) is 0 Å². The van der Waals surface area contributed by atoms with Crippen LogP contribution in [0.4, 0.5) is 0 Å². The predicted octanol–water partition coefficient (Wildman–Crippen LogP) is 3.11. The van der Waals surface area contributed by atoms with Gasteiger partial charge < -0.3 is 14.6 Å². The first-order valence-corrected chi connectivity index (χ1v) is 8.85. The SMILES string of the molecule is Cc1ccc(C(C)C)cc1OCC(=O)N/N=C\c1ccc(OCC(=O)O)cc1. The molecule has 0 heterocycles. The number of benzene rings is 2. The van der Waals surface area contributed by atoms with E-state index < -0.39 is 12.6 Å². The molecule has 28 heavy (non-hydrogen) atoms. The highest BCUT2D eigenvalue weighted by Crippen LogP contribution is 2.24. The second-order valence-corrected chi connectivity index (χ2v) is 6.51. The number of hydrazone groups is 1. The highest BCUT2D eigenvalue weighted by molar-refractivity contribution is 5.83. The quantitative estimate of drug-likeness (QED) is 0.511. The van der Waals surface area contributed by atoms with E-state index in [-0.39, 0.29) is 12.5 Å². The number of ether oxygens (including phenoxy) is 2. The van der Waals surface area contributed by atoms with Crippen molar-refractivity contribution in [3.63, 3.8) is 0 Å². The Hall–Kier alpha value is -3.35. The standard InChI is InChI=1S/C21H24N2O5/c1-14(2)17-7-4-15(3)19(10-17)28-12-20(24)23-22-11-16-5-8-18(9-6-16)27-13-21(25)26/h4-11,14H,12-13H2,1-3H3,(H,23,24)(H,25,26)/b22-11-. The summed E-state index contributed by atoms with van der Waals surface area (Å²) >= 11 is 0. The van der Waals surface area contributed by atoms with E-state index in [1.807, 2.05) is 19.1 Å². The minimum Gasteiger partial charge on any atom is -0.483 e. The number of carboxylic acid groups (broad SMARTS) is 1. The number of carbonyl (C=O) groups is 2. The Morgan fingerprint density at radius 3 is 2.46 bits per heavy atom. The van der Waals surface area contributed by atoms with Gasteiger partial charge in [-0.3, -0.25) is 4.79 Å². The number of carboxylic acids is 1. The van der Waals surface area contributed by atoms with Gasteiger partial charge in [-0.25, -0.2) is 10.2 Å². The van der Waals surface area contributed by atoms with E-state index in [9.17, 15) is 9.59 Å². The van der Waals surface area contributed by atoms with Gasteiger partial charge in [-0.05, 0) is 59.9 Å². The molecule has 0 fully saturated rings. The molecule has 2 aromatic rings. The van der Waals surface area contributed by atoms with Gasteiger partial charge in [0.2, 0.25) is 0 Å². The summed E-state index contributed by atoms with van der Waals surface area (Å²) in [5.41, 5.74) is 5.25. The summed E-state index contributed by atoms with van der Waals surface area (Å²) in [6, 6.07) is 12.6. The summed E-state index contributed by atoms with van der Waals surface area (Å²) in [4.78, 5) is 22.4. The van der Waals surface area contributed by atoms with E-state index >= 15 is 0 Å². The Bertz CT molecular complexity index is 844. The van der Waals surface area contributed by atoms with Crippen LogP contribution in [0.2, 0.25) is 0 Å². The number of hydrogen-bond donors (Lipinski definition) is 2. The third-order valence-corrected chi connectivity index (χ3v) is 3.88. The first-order chi connectivity index (χ1) is 13.3. The molecular weight excluding hydrogens is 360 g/mol. The van der Waals surface area contributed by atoms with Crippen molar-refractivity contribution >= 4 is 18.1 Å². The summed E-state index contributed by atoms with van der Waals surface area (Å²) in [6.45, 7) is 5.59. The number of aliphatic carboxylic acids is 1. The number of carbonyl (C=O) groups excluding carboxylic acids is 1. The zero-order valence-electron chi connectivity index (χ0n) is 16.1. The molecule has 0 radical (unpaired) electrons. The average molecular weight is 384 g/mol. The van der Waals surface area contributed by atoms with E-state index in [1.165, 1.54) is 6.21 Å². The molecule has 0 saturated carbocycles. The minimum absolute atomic E-state index is 0.137. The van der Waals surface area contributed by atoms with Crippen LogP contribution in [-0.2, 0) is 9.59 Å². The zero-order valence-corrected chi connectivity index (χ0v) is 16.1. The van der Waals surface area contributed by atoms with Gasteiger partial charge >= 0.3 is 5.97 Å². The monoisotopic (exact) mass is 384 g/mol. The molecule has 7 nitrogen and oxygen atoms in total. The molecule has 2 N–H and O–H groups in total. The molecular formula is C21H24N2O5. The molecule has 2 rings (SSSR count). The van der Waals surface area contributed by atoms with Gasteiger partial charge in [0.25, 0.3) is 5.91 Å². The van der Waals surface area contributed by atoms with Crippen molar-refractivity contribution in [3.8, 4) is 11.5 Å². The van der Waals surface area contributed by atoms with Gasteiger partial charge in [-0.1, -0.05) is 26.0 Å². The van der Waals surface area contributed by atoms with Crippen LogP contribution in [0.5, 0.6) is 11.5 Å². The van der Waals surface area contributed by atoms with Crippen LogP contribution in [0, 0.1) is 6.92 Å². The molecule has 0 spiro atoms. The van der Waals surface area contributed by atoms with Gasteiger partial charge in [-0.15, -0.1) is 0 Å². The van der Waals surface area contributed by atoms with E-state index in [0.29, 0.717) is 17.4 Å². The largest absolute Gasteiger partial charge is 0.483 e. The van der Waals surface area contributed by atoms with Crippen LogP contribution in [0.1, 0.15) is 36.5 Å². The number of hydrogen-bond acceptors (Lipinski definition) is 5. The lowest BCUT2D eigenvalue weighted by molar-refractivity contribution is -0.139. The Morgan fingerprint density at radius 2 is 1.82 bits per heavy atom. The fourth-order valence-corrected chi connectivity index (χ4v) is 2.28. The van der Waals surface area contributed by atoms with Crippen molar-refractivity contribution in [1.82, 2.24) is 5.43 Å². The number of aryl methyl sites for hydroxylation is 1. The van der Waals surface area contributed by atoms with Crippen molar-refractivity contribution in [3.05, 3.63) is 59.2 Å². The van der Waals surface area contributed by atoms with E-state index in [1.54, 1.807) is 24.3 Å². The summed E-state index contributed by atoms with van der Waals surface area (Å²) in [6.07, 6.45) is 1.48. The molecule has 148 valence electrons. The van der Waals surface area contributed by atoms with Crippen molar-refractivity contribution in [1.29, 1.82) is 0 Å². The molecule has 0 unspecified atom stereocenters. The number of nitrogens with zero attached hydrogens (tertiary/aromatic N) is 1. The molecule has 0 aliphatic heterocycles. The smallest absolute Gasteiger partial charge is 0.341 e. The Kier molecular flexibility index (Phi) is 7.56. The third-order valence-electron chi connectivity index (χ3n) is 3.88. The summed E-state index contributed by atoms with van der Waals surface area (Å²) < 4.78 is 10.6. The van der Waals surface area contributed by atoms with E-state index in [4.69, 9.17) is 14.6 Å². The summed E-state index contributed by atoms with van der Waals surface area (Å²) in [5, 5.41) is 12.5. The second kappa shape index (κ2) is 10.1. The third kappa shape index (κ3) is 6.75. The molecule has 0 aromatic heterocycles. The lowest BCUT2D eigenvalue weighted by Gasteiger charge is -2.12. The summed E-state index contributed by atoms with van der Waals surface area (Å²) in [5.74, 6) is 0.0919. The van der Waals surface area contributed by atoms with E-state index in [0.717, 1.165) is 16.7 Å². The molecule has 1 amide bonds. The fraction of sp³-hybridized carbons (Fsp3) is 0.286. The minimum atomic E-state index is -1.04. The predicted molar refractivity (Wildman–Crippen MR) is 106 cm³/mol. The van der Waals surface area contributed by atoms with Crippen LogP contribution in [0.3, 0.4) is 0 Å². The van der Waals surface area contributed by atoms with Gasteiger partial charge in [-0.2, -0.15) is 5.10 Å². The van der Waals surface area contributed by atoms with Crippen LogP contribution in [-0.4, -0.2) is 36.4 Å². The second-order valence-electron chi connectivity index (χ2n) is 6.51. The Labute approximate surface area is 164 Å². The van der Waals surface area contributed by atoms with Gasteiger partial charge in [0, 0.05) is 0 Å². The Balaban J connectivity index is 1.82. The van der Waals surface area contributed by atoms with E-state index in [2.05, 4.69) is 30.4 Å². The highest BCUT2D eigenvalue weighted by atomic mass is 16.5. The molecule has 0 bridgehead atoms. The van der Waals surface area contributed by atoms with Crippen LogP contribution < -0.4 is 14.9 Å². The molecule has 0 saturated heterocycles. The van der Waals surface area contributed by atoms with Crippen molar-refractivity contribution in [2.45, 2.75) is 26.7 Å². The first kappa shape index (κ1) is 21.0. The lowest BCUT2D eigenvalue weighted by atomic mass is 10.0. The molecule has 0 atom stereocenters. The highest BCUT2D eigenvalue weighted by Gasteiger charge is 2.07. The lowest BCUT2D eigenvalue weighted by Crippen LogP contribution is -2.24. The average Bonchev–Trinajstić information content (AvgIpc) is 2.66. The number of amides is 1. The van der Waals surface area contributed by atoms with Crippen molar-refractivity contribution in [2.24, 2.45) is 5.10 Å².